The van der Waals surface area contributed by atoms with Crippen LogP contribution in [0.5, 0.6) is 5.75 Å². The Morgan fingerprint density at radius 1 is 1.11 bits per heavy atom. The molecule has 196 valence electrons. The van der Waals surface area contributed by atoms with Crippen LogP contribution < -0.4 is 10.1 Å². The number of nitrogens with one attached hydrogen (secondary N) is 1. The molecule has 0 aliphatic rings. The van der Waals surface area contributed by atoms with E-state index in [1.807, 2.05) is 58.0 Å². The molecular weight excluding hydrogens is 543 g/mol. The van der Waals surface area contributed by atoms with Gasteiger partial charge in [0, 0.05) is 33.4 Å². The molecule has 0 radical (unpaired) electrons. The normalized spacial score (nSPS) is 10.7. The Morgan fingerprint density at radius 3 is 2.47 bits per heavy atom. The van der Waals surface area contributed by atoms with Crippen molar-refractivity contribution in [1.29, 1.82) is 0 Å². The lowest BCUT2D eigenvalue weighted by atomic mass is 10.0. The highest BCUT2D eigenvalue weighted by atomic mass is 35.5. The van der Waals surface area contributed by atoms with Gasteiger partial charge in [-0.05, 0) is 70.2 Å². The standard InChI is InChI=1S/C29H26Cl2N4O2.ClH/c1-19-26(28(36)33-29(2,3)4)34-35(27(19)21-10-12-22(30)13-11-21)25-14-9-20(17-24(25)31)7-6-16-37-23-8-5-15-32-18-23;/h5,8-15,17-18H,16H2,1-4H3,(H,33,36);1H. The van der Waals surface area contributed by atoms with Gasteiger partial charge in [0.25, 0.3) is 5.91 Å². The first-order valence-electron chi connectivity index (χ1n) is 11.6. The maximum absolute atomic E-state index is 13.1. The van der Waals surface area contributed by atoms with Gasteiger partial charge >= 0.3 is 0 Å². The molecule has 0 aliphatic carbocycles. The number of ether oxygens (including phenoxy) is 1. The van der Waals surface area contributed by atoms with Gasteiger partial charge in [-0.25, -0.2) is 4.68 Å². The van der Waals surface area contributed by atoms with Gasteiger partial charge in [0.1, 0.15) is 12.4 Å². The first-order valence-corrected chi connectivity index (χ1v) is 12.4. The summed E-state index contributed by atoms with van der Waals surface area (Å²) >= 11 is 12.8. The van der Waals surface area contributed by atoms with Crippen LogP contribution in [-0.2, 0) is 0 Å². The molecule has 1 N–H and O–H groups in total. The molecule has 4 rings (SSSR count). The summed E-state index contributed by atoms with van der Waals surface area (Å²) in [5.74, 6) is 6.44. The number of aromatic nitrogens is 3. The Morgan fingerprint density at radius 2 is 1.84 bits per heavy atom. The molecule has 1 amide bonds. The zero-order valence-corrected chi connectivity index (χ0v) is 23.7. The van der Waals surface area contributed by atoms with E-state index >= 15 is 0 Å². The molecule has 0 fully saturated rings. The highest BCUT2D eigenvalue weighted by Crippen LogP contribution is 2.32. The number of amides is 1. The van der Waals surface area contributed by atoms with E-state index in [0.29, 0.717) is 27.2 Å². The predicted molar refractivity (Wildman–Crippen MR) is 155 cm³/mol. The number of benzene rings is 2. The summed E-state index contributed by atoms with van der Waals surface area (Å²) < 4.78 is 7.26. The van der Waals surface area contributed by atoms with Crippen LogP contribution in [-0.4, -0.2) is 32.8 Å². The molecule has 9 heteroatoms. The molecule has 2 aromatic carbocycles. The van der Waals surface area contributed by atoms with E-state index in [1.165, 1.54) is 0 Å². The van der Waals surface area contributed by atoms with Gasteiger partial charge in [-0.15, -0.1) is 12.4 Å². The van der Waals surface area contributed by atoms with E-state index in [2.05, 4.69) is 27.2 Å². The van der Waals surface area contributed by atoms with Crippen molar-refractivity contribution < 1.29 is 9.53 Å². The smallest absolute Gasteiger partial charge is 0.272 e. The number of halogens is 3. The fraction of sp³-hybridized carbons (Fsp3) is 0.207. The van der Waals surface area contributed by atoms with Gasteiger partial charge in [0.15, 0.2) is 5.69 Å². The number of nitrogens with zero attached hydrogens (tertiary/aromatic N) is 3. The van der Waals surface area contributed by atoms with E-state index in [-0.39, 0.29) is 24.9 Å². The number of pyridine rings is 1. The Labute approximate surface area is 238 Å². The third-order valence-corrected chi connectivity index (χ3v) is 5.85. The van der Waals surface area contributed by atoms with Crippen LogP contribution in [0.1, 0.15) is 42.4 Å². The summed E-state index contributed by atoms with van der Waals surface area (Å²) in [6, 6.07) is 16.5. The second-order valence-corrected chi connectivity index (χ2v) is 10.2. The molecule has 2 heterocycles. The third kappa shape index (κ3) is 7.08. The summed E-state index contributed by atoms with van der Waals surface area (Å²) in [5.41, 5.74) is 3.61. The molecule has 4 aromatic rings. The van der Waals surface area contributed by atoms with Crippen molar-refractivity contribution in [2.75, 3.05) is 6.61 Å². The second kappa shape index (κ2) is 12.4. The van der Waals surface area contributed by atoms with Crippen LogP contribution in [0.3, 0.4) is 0 Å². The van der Waals surface area contributed by atoms with Gasteiger partial charge in [0.05, 0.1) is 22.6 Å². The van der Waals surface area contributed by atoms with Crippen molar-refractivity contribution in [2.45, 2.75) is 33.2 Å². The van der Waals surface area contributed by atoms with Gasteiger partial charge in [-0.3, -0.25) is 9.78 Å². The summed E-state index contributed by atoms with van der Waals surface area (Å²) in [7, 11) is 0. The Balaban J connectivity index is 0.00000400. The molecule has 0 bridgehead atoms. The largest absolute Gasteiger partial charge is 0.479 e. The Bertz CT molecular complexity index is 1480. The summed E-state index contributed by atoms with van der Waals surface area (Å²) in [6.45, 7) is 7.87. The molecule has 0 saturated carbocycles. The monoisotopic (exact) mass is 568 g/mol. The van der Waals surface area contributed by atoms with Crippen molar-refractivity contribution in [1.82, 2.24) is 20.1 Å². The summed E-state index contributed by atoms with van der Waals surface area (Å²) in [6.07, 6.45) is 3.31. The number of carbonyl (C=O) groups is 1. The number of hydrogen-bond acceptors (Lipinski definition) is 4. The maximum Gasteiger partial charge on any atom is 0.272 e. The molecule has 0 spiro atoms. The van der Waals surface area contributed by atoms with E-state index in [9.17, 15) is 4.79 Å². The van der Waals surface area contributed by atoms with Gasteiger partial charge in [-0.1, -0.05) is 47.2 Å². The molecule has 6 nitrogen and oxygen atoms in total. The van der Waals surface area contributed by atoms with Gasteiger partial charge in [0.2, 0.25) is 0 Å². The number of hydrogen-bond donors (Lipinski definition) is 1. The molecule has 38 heavy (non-hydrogen) atoms. The predicted octanol–water partition coefficient (Wildman–Crippen LogP) is 6.93. The van der Waals surface area contributed by atoms with Crippen molar-refractivity contribution >= 4 is 41.5 Å². The lowest BCUT2D eigenvalue weighted by Crippen LogP contribution is -2.41. The minimum Gasteiger partial charge on any atom is -0.479 e. The molecule has 0 atom stereocenters. The van der Waals surface area contributed by atoms with E-state index in [1.54, 1.807) is 41.3 Å². The lowest BCUT2D eigenvalue weighted by molar-refractivity contribution is 0.0913. The van der Waals surface area contributed by atoms with Crippen LogP contribution in [0.2, 0.25) is 10.0 Å². The minimum absolute atomic E-state index is 0. The number of rotatable bonds is 5. The average molecular weight is 570 g/mol. The van der Waals surface area contributed by atoms with Crippen LogP contribution in [0.15, 0.2) is 67.0 Å². The maximum atomic E-state index is 13.1. The highest BCUT2D eigenvalue weighted by molar-refractivity contribution is 6.32. The summed E-state index contributed by atoms with van der Waals surface area (Å²) in [4.78, 5) is 17.1. The molecular formula is C29H27Cl3N4O2. The fourth-order valence-corrected chi connectivity index (χ4v) is 4.07. The Hall–Kier alpha value is -3.50. The van der Waals surface area contributed by atoms with E-state index in [0.717, 1.165) is 22.4 Å². The van der Waals surface area contributed by atoms with E-state index < -0.39 is 5.54 Å². The summed E-state index contributed by atoms with van der Waals surface area (Å²) in [5, 5.41) is 8.74. The molecule has 0 aliphatic heterocycles. The van der Waals surface area contributed by atoms with Crippen molar-refractivity contribution in [3.63, 3.8) is 0 Å². The zero-order valence-electron chi connectivity index (χ0n) is 21.4. The molecule has 0 unspecified atom stereocenters. The number of carbonyl (C=O) groups excluding carboxylic acids is 1. The SMILES string of the molecule is Cc1c(C(=O)NC(C)(C)C)nn(-c2ccc(C#CCOc3cccnc3)cc2Cl)c1-c1ccc(Cl)cc1.Cl. The van der Waals surface area contributed by atoms with E-state index in [4.69, 9.17) is 27.9 Å². The third-order valence-electron chi connectivity index (χ3n) is 5.30. The molecule has 2 aromatic heterocycles. The zero-order chi connectivity index (χ0) is 26.6. The second-order valence-electron chi connectivity index (χ2n) is 9.39. The molecule has 0 saturated heterocycles. The van der Waals surface area contributed by atoms with Crippen LogP contribution in [0.25, 0.3) is 16.9 Å². The fourth-order valence-electron chi connectivity index (χ4n) is 3.68. The van der Waals surface area contributed by atoms with Crippen LogP contribution >= 0.6 is 35.6 Å². The van der Waals surface area contributed by atoms with Gasteiger partial charge in [-0.2, -0.15) is 5.10 Å². The van der Waals surface area contributed by atoms with Crippen molar-refractivity contribution in [3.05, 3.63) is 93.9 Å². The minimum atomic E-state index is -0.410. The van der Waals surface area contributed by atoms with Crippen LogP contribution in [0.4, 0.5) is 0 Å². The highest BCUT2D eigenvalue weighted by Gasteiger charge is 2.25. The van der Waals surface area contributed by atoms with Crippen molar-refractivity contribution in [3.8, 4) is 34.5 Å². The Kier molecular flexibility index (Phi) is 9.45. The average Bonchev–Trinajstić information content (AvgIpc) is 3.19. The topological polar surface area (TPSA) is 69.0 Å². The first kappa shape index (κ1) is 29.1. The van der Waals surface area contributed by atoms with Gasteiger partial charge < -0.3 is 10.1 Å². The van der Waals surface area contributed by atoms with Crippen LogP contribution in [0, 0.1) is 18.8 Å². The quantitative estimate of drug-likeness (QED) is 0.265. The lowest BCUT2D eigenvalue weighted by Gasteiger charge is -2.19. The van der Waals surface area contributed by atoms with Crippen molar-refractivity contribution in [2.24, 2.45) is 0 Å². The first-order chi connectivity index (χ1) is 17.6.